The van der Waals surface area contributed by atoms with E-state index in [0.29, 0.717) is 12.5 Å². The van der Waals surface area contributed by atoms with Crippen molar-refractivity contribution in [3.63, 3.8) is 0 Å². The molecule has 0 radical (unpaired) electrons. The molecule has 2 unspecified atom stereocenters. The molecule has 0 aromatic rings. The second kappa shape index (κ2) is 3.52. The van der Waals surface area contributed by atoms with E-state index in [2.05, 4.69) is 6.92 Å². The van der Waals surface area contributed by atoms with Gasteiger partial charge in [-0.3, -0.25) is 0 Å². The van der Waals surface area contributed by atoms with E-state index >= 15 is 0 Å². The molecule has 4 atom stereocenters. The molecule has 0 heterocycles. The van der Waals surface area contributed by atoms with E-state index in [9.17, 15) is 5.11 Å². The van der Waals surface area contributed by atoms with Crippen LogP contribution in [0.1, 0.15) is 13.3 Å². The SMILES string of the molecule is COC[C@@H]1C(O)C[C@H](C)C1N. The van der Waals surface area contributed by atoms with Gasteiger partial charge in [0.1, 0.15) is 0 Å². The zero-order valence-electron chi connectivity index (χ0n) is 7.16. The van der Waals surface area contributed by atoms with Gasteiger partial charge in [0.2, 0.25) is 0 Å². The molecule has 1 aliphatic carbocycles. The smallest absolute Gasteiger partial charge is 0.0608 e. The van der Waals surface area contributed by atoms with E-state index in [0.717, 1.165) is 6.42 Å². The Hall–Kier alpha value is -0.120. The number of aliphatic hydroxyl groups excluding tert-OH is 1. The minimum absolute atomic E-state index is 0.102. The zero-order chi connectivity index (χ0) is 8.43. The van der Waals surface area contributed by atoms with Crippen LogP contribution in [0.4, 0.5) is 0 Å². The molecule has 0 amide bonds. The van der Waals surface area contributed by atoms with Crippen molar-refractivity contribution in [2.24, 2.45) is 17.6 Å². The number of ether oxygens (including phenoxy) is 1. The molecular formula is C8H17NO2. The fraction of sp³-hybridized carbons (Fsp3) is 1.00. The molecule has 3 N–H and O–H groups in total. The van der Waals surface area contributed by atoms with Crippen LogP contribution in [0.25, 0.3) is 0 Å². The normalized spacial score (nSPS) is 44.7. The summed E-state index contributed by atoms with van der Waals surface area (Å²) in [5.41, 5.74) is 5.86. The Kier molecular flexibility index (Phi) is 2.87. The highest BCUT2D eigenvalue weighted by atomic mass is 16.5. The molecule has 0 bridgehead atoms. The van der Waals surface area contributed by atoms with E-state index in [4.69, 9.17) is 10.5 Å². The van der Waals surface area contributed by atoms with Crippen molar-refractivity contribution >= 4 is 0 Å². The van der Waals surface area contributed by atoms with Gasteiger partial charge >= 0.3 is 0 Å². The van der Waals surface area contributed by atoms with Crippen LogP contribution in [-0.2, 0) is 4.74 Å². The first-order chi connectivity index (χ1) is 5.16. The number of methoxy groups -OCH3 is 1. The molecule has 1 aliphatic rings. The second-order valence-corrected chi connectivity index (χ2v) is 3.48. The zero-order valence-corrected chi connectivity index (χ0v) is 7.16. The summed E-state index contributed by atoms with van der Waals surface area (Å²) in [6, 6.07) is 0.102. The van der Waals surface area contributed by atoms with Gasteiger partial charge in [-0.05, 0) is 12.3 Å². The Labute approximate surface area is 67.5 Å². The first kappa shape index (κ1) is 8.97. The number of aliphatic hydroxyl groups is 1. The number of hydrogen-bond donors (Lipinski definition) is 2. The van der Waals surface area contributed by atoms with Crippen LogP contribution >= 0.6 is 0 Å². The number of rotatable bonds is 2. The molecule has 0 aromatic heterocycles. The van der Waals surface area contributed by atoms with E-state index in [-0.39, 0.29) is 18.1 Å². The molecule has 3 heteroatoms. The summed E-state index contributed by atoms with van der Waals surface area (Å²) in [5, 5.41) is 9.50. The molecule has 3 nitrogen and oxygen atoms in total. The van der Waals surface area contributed by atoms with Crippen LogP contribution in [0, 0.1) is 11.8 Å². The Morgan fingerprint density at radius 1 is 1.64 bits per heavy atom. The van der Waals surface area contributed by atoms with Gasteiger partial charge in [-0.2, -0.15) is 0 Å². The highest BCUT2D eigenvalue weighted by molar-refractivity contribution is 4.91. The summed E-state index contributed by atoms with van der Waals surface area (Å²) in [6.45, 7) is 2.65. The molecule has 0 aliphatic heterocycles. The van der Waals surface area contributed by atoms with Gasteiger partial charge in [0, 0.05) is 19.1 Å². The van der Waals surface area contributed by atoms with Gasteiger partial charge in [0.05, 0.1) is 12.7 Å². The van der Waals surface area contributed by atoms with E-state index < -0.39 is 0 Å². The fourth-order valence-corrected chi connectivity index (χ4v) is 1.81. The summed E-state index contributed by atoms with van der Waals surface area (Å²) >= 11 is 0. The molecule has 66 valence electrons. The van der Waals surface area contributed by atoms with Gasteiger partial charge in [0.25, 0.3) is 0 Å². The van der Waals surface area contributed by atoms with Gasteiger partial charge in [-0.1, -0.05) is 6.92 Å². The predicted octanol–water partition coefficient (Wildman–Crippen LogP) is -0.0230. The first-order valence-electron chi connectivity index (χ1n) is 4.09. The van der Waals surface area contributed by atoms with Crippen molar-refractivity contribution in [2.75, 3.05) is 13.7 Å². The van der Waals surface area contributed by atoms with Crippen LogP contribution in [-0.4, -0.2) is 31.0 Å². The molecule has 1 fully saturated rings. The highest BCUT2D eigenvalue weighted by Gasteiger charge is 2.37. The molecule has 1 rings (SSSR count). The van der Waals surface area contributed by atoms with E-state index in [1.54, 1.807) is 7.11 Å². The van der Waals surface area contributed by atoms with Crippen molar-refractivity contribution in [3.05, 3.63) is 0 Å². The summed E-state index contributed by atoms with van der Waals surface area (Å²) < 4.78 is 4.97. The average molecular weight is 159 g/mol. The van der Waals surface area contributed by atoms with Crippen LogP contribution in [0.15, 0.2) is 0 Å². The third kappa shape index (κ3) is 1.72. The van der Waals surface area contributed by atoms with Crippen LogP contribution in [0.3, 0.4) is 0 Å². The van der Waals surface area contributed by atoms with Crippen molar-refractivity contribution < 1.29 is 9.84 Å². The largest absolute Gasteiger partial charge is 0.393 e. The molecule has 11 heavy (non-hydrogen) atoms. The van der Waals surface area contributed by atoms with Crippen molar-refractivity contribution in [2.45, 2.75) is 25.5 Å². The monoisotopic (exact) mass is 159 g/mol. The standard InChI is InChI=1S/C8H17NO2/c1-5-3-7(10)6(4-11-2)8(5)9/h5-8,10H,3-4,9H2,1-2H3/t5-,6+,7?,8?/m0/s1. The third-order valence-electron chi connectivity index (χ3n) is 2.62. The van der Waals surface area contributed by atoms with Crippen molar-refractivity contribution in [1.82, 2.24) is 0 Å². The van der Waals surface area contributed by atoms with Crippen LogP contribution in [0.5, 0.6) is 0 Å². The Morgan fingerprint density at radius 2 is 2.27 bits per heavy atom. The number of nitrogens with two attached hydrogens (primary N) is 1. The Balaban J connectivity index is 2.49. The minimum atomic E-state index is -0.264. The maximum Gasteiger partial charge on any atom is 0.0608 e. The topological polar surface area (TPSA) is 55.5 Å². The fourth-order valence-electron chi connectivity index (χ4n) is 1.81. The van der Waals surface area contributed by atoms with Crippen molar-refractivity contribution in [3.8, 4) is 0 Å². The molecule has 0 spiro atoms. The second-order valence-electron chi connectivity index (χ2n) is 3.48. The van der Waals surface area contributed by atoms with Crippen LogP contribution in [0.2, 0.25) is 0 Å². The summed E-state index contributed by atoms with van der Waals surface area (Å²) in [5.74, 6) is 0.556. The Bertz CT molecular complexity index is 129. The summed E-state index contributed by atoms with van der Waals surface area (Å²) in [7, 11) is 1.64. The quantitative estimate of drug-likeness (QED) is 0.595. The van der Waals surface area contributed by atoms with Crippen LogP contribution < -0.4 is 5.73 Å². The maximum absolute atomic E-state index is 9.50. The lowest BCUT2D eigenvalue weighted by molar-refractivity contribution is 0.0627. The lowest BCUT2D eigenvalue weighted by Crippen LogP contribution is -2.35. The minimum Gasteiger partial charge on any atom is -0.393 e. The van der Waals surface area contributed by atoms with Gasteiger partial charge in [0.15, 0.2) is 0 Å². The van der Waals surface area contributed by atoms with Crippen molar-refractivity contribution in [1.29, 1.82) is 0 Å². The molecular weight excluding hydrogens is 142 g/mol. The lowest BCUT2D eigenvalue weighted by Gasteiger charge is -2.18. The third-order valence-corrected chi connectivity index (χ3v) is 2.62. The highest BCUT2D eigenvalue weighted by Crippen LogP contribution is 2.29. The van der Waals surface area contributed by atoms with Gasteiger partial charge in [-0.25, -0.2) is 0 Å². The summed E-state index contributed by atoms with van der Waals surface area (Å²) in [4.78, 5) is 0. The molecule has 1 saturated carbocycles. The van der Waals surface area contributed by atoms with E-state index in [1.807, 2.05) is 0 Å². The van der Waals surface area contributed by atoms with E-state index in [1.165, 1.54) is 0 Å². The average Bonchev–Trinajstić information content (AvgIpc) is 2.17. The molecule has 0 saturated heterocycles. The molecule has 0 aromatic carbocycles. The number of hydrogen-bond acceptors (Lipinski definition) is 3. The lowest BCUT2D eigenvalue weighted by atomic mass is 10.0. The maximum atomic E-state index is 9.50. The first-order valence-corrected chi connectivity index (χ1v) is 4.09. The summed E-state index contributed by atoms with van der Waals surface area (Å²) in [6.07, 6.45) is 0.551. The predicted molar refractivity (Wildman–Crippen MR) is 43.1 cm³/mol. The Morgan fingerprint density at radius 3 is 2.64 bits per heavy atom. The van der Waals surface area contributed by atoms with Gasteiger partial charge < -0.3 is 15.6 Å². The van der Waals surface area contributed by atoms with Gasteiger partial charge in [-0.15, -0.1) is 0 Å².